The third-order valence-electron chi connectivity index (χ3n) is 6.15. The smallest absolute Gasteiger partial charge is 0.341 e. The van der Waals surface area contributed by atoms with Crippen LogP contribution in [0.2, 0.25) is 0 Å². The molecule has 1 saturated carbocycles. The predicted molar refractivity (Wildman–Crippen MR) is 109 cm³/mol. The second kappa shape index (κ2) is 7.02. The number of hydrogen-bond donors (Lipinski definition) is 2. The van der Waals surface area contributed by atoms with Crippen molar-refractivity contribution >= 4 is 22.6 Å². The maximum atomic E-state index is 13.1. The van der Waals surface area contributed by atoms with E-state index in [2.05, 4.69) is 18.7 Å². The first-order valence-electron chi connectivity index (χ1n) is 9.88. The summed E-state index contributed by atoms with van der Waals surface area (Å²) in [6, 6.07) is 3.55. The van der Waals surface area contributed by atoms with Gasteiger partial charge in [0.15, 0.2) is 0 Å². The predicted octanol–water partition coefficient (Wildman–Crippen LogP) is 2.90. The lowest BCUT2D eigenvalue weighted by atomic mass is 9.79. The number of halogens is 1. The number of alkyl halides is 1. The number of aromatic carboxylic acids is 1. The summed E-state index contributed by atoms with van der Waals surface area (Å²) < 4.78 is 20.2. The van der Waals surface area contributed by atoms with Gasteiger partial charge in [0.25, 0.3) is 0 Å². The Bertz CT molecular complexity index is 1030. The molecule has 0 radical (unpaired) electrons. The van der Waals surface area contributed by atoms with Gasteiger partial charge in [0, 0.05) is 31.4 Å². The highest BCUT2D eigenvalue weighted by Crippen LogP contribution is 2.41. The molecule has 0 bridgehead atoms. The molecule has 3 N–H and O–H groups in total. The van der Waals surface area contributed by atoms with E-state index in [0.717, 1.165) is 19.3 Å². The number of carbonyl (C=O) groups is 1. The quantitative estimate of drug-likeness (QED) is 0.797. The van der Waals surface area contributed by atoms with Crippen LogP contribution in [-0.4, -0.2) is 41.6 Å². The van der Waals surface area contributed by atoms with Gasteiger partial charge in [-0.25, -0.2) is 9.18 Å². The zero-order chi connectivity index (χ0) is 20.9. The van der Waals surface area contributed by atoms with Crippen LogP contribution in [0.5, 0.6) is 5.75 Å². The molecule has 1 aliphatic carbocycles. The SMILES string of the molecule is CC1(C)CN(c2cc3c(cc2OCF)c(=O)c(C(=O)O)cn3C2CC2)CC[C@@H]1N. The second-order valence-electron chi connectivity index (χ2n) is 8.71. The summed E-state index contributed by atoms with van der Waals surface area (Å²) in [5.74, 6) is -1.02. The first kappa shape index (κ1) is 19.7. The maximum Gasteiger partial charge on any atom is 0.341 e. The molecule has 1 aliphatic heterocycles. The van der Waals surface area contributed by atoms with Crippen LogP contribution in [0.1, 0.15) is 49.5 Å². The Balaban J connectivity index is 1.92. The topological polar surface area (TPSA) is 97.8 Å². The van der Waals surface area contributed by atoms with E-state index in [1.165, 1.54) is 12.3 Å². The van der Waals surface area contributed by atoms with Crippen LogP contribution in [0.3, 0.4) is 0 Å². The van der Waals surface area contributed by atoms with Crippen molar-refractivity contribution in [3.05, 3.63) is 34.1 Å². The van der Waals surface area contributed by atoms with Gasteiger partial charge in [-0.3, -0.25) is 4.79 Å². The average molecular weight is 403 g/mol. The molecule has 1 saturated heterocycles. The van der Waals surface area contributed by atoms with Crippen LogP contribution in [0.15, 0.2) is 23.1 Å². The summed E-state index contributed by atoms with van der Waals surface area (Å²) in [4.78, 5) is 26.5. The van der Waals surface area contributed by atoms with Gasteiger partial charge in [-0.2, -0.15) is 0 Å². The zero-order valence-electron chi connectivity index (χ0n) is 16.7. The lowest BCUT2D eigenvalue weighted by Crippen LogP contribution is -2.52. The molecule has 7 nitrogen and oxygen atoms in total. The third kappa shape index (κ3) is 3.46. The van der Waals surface area contributed by atoms with Gasteiger partial charge in [0.1, 0.15) is 11.3 Å². The molecule has 2 heterocycles. The molecule has 156 valence electrons. The molecule has 4 rings (SSSR count). The van der Waals surface area contributed by atoms with E-state index in [4.69, 9.17) is 10.5 Å². The fraction of sp³-hybridized carbons (Fsp3) is 0.524. The van der Waals surface area contributed by atoms with Gasteiger partial charge in [0.05, 0.1) is 16.6 Å². The second-order valence-corrected chi connectivity index (χ2v) is 8.71. The van der Waals surface area contributed by atoms with Gasteiger partial charge >= 0.3 is 5.97 Å². The zero-order valence-corrected chi connectivity index (χ0v) is 16.7. The van der Waals surface area contributed by atoms with Gasteiger partial charge < -0.3 is 25.0 Å². The summed E-state index contributed by atoms with van der Waals surface area (Å²) in [6.45, 7) is 4.52. The number of benzene rings is 1. The number of carboxylic acid groups (broad SMARTS) is 1. The molecule has 0 spiro atoms. The standard InChI is InChI=1S/C21H26FN3O4/c1-21(2)10-24(6-5-18(21)23)16-8-15-13(7-17(16)29-11-22)19(26)14(20(27)28)9-25(15)12-3-4-12/h7-9,12,18H,3-6,10-11,23H2,1-2H3,(H,27,28)/t18-/m0/s1. The van der Waals surface area contributed by atoms with Crippen LogP contribution < -0.4 is 20.8 Å². The third-order valence-corrected chi connectivity index (χ3v) is 6.15. The van der Waals surface area contributed by atoms with Gasteiger partial charge in [-0.05, 0) is 36.8 Å². The van der Waals surface area contributed by atoms with Crippen molar-refractivity contribution in [1.82, 2.24) is 4.57 Å². The van der Waals surface area contributed by atoms with E-state index in [0.29, 0.717) is 24.3 Å². The van der Waals surface area contributed by atoms with E-state index in [1.54, 1.807) is 0 Å². The number of aromatic nitrogens is 1. The van der Waals surface area contributed by atoms with Crippen molar-refractivity contribution in [2.45, 2.75) is 45.2 Å². The normalized spacial score (nSPS) is 21.4. The number of pyridine rings is 1. The minimum atomic E-state index is -1.27. The van der Waals surface area contributed by atoms with Crippen LogP contribution in [0.25, 0.3) is 10.9 Å². The molecule has 8 heteroatoms. The molecule has 0 unspecified atom stereocenters. The molecule has 2 aliphatic rings. The summed E-state index contributed by atoms with van der Waals surface area (Å²) in [5, 5.41) is 9.67. The lowest BCUT2D eigenvalue weighted by Gasteiger charge is -2.44. The Labute approximate surface area is 167 Å². The monoisotopic (exact) mass is 403 g/mol. The number of anilines is 1. The molecular weight excluding hydrogens is 377 g/mol. The molecular formula is C21H26FN3O4. The fourth-order valence-electron chi connectivity index (χ4n) is 4.17. The molecule has 2 aromatic rings. The van der Waals surface area contributed by atoms with E-state index in [1.807, 2.05) is 10.6 Å². The van der Waals surface area contributed by atoms with Crippen molar-refractivity contribution < 1.29 is 19.0 Å². The van der Waals surface area contributed by atoms with Crippen molar-refractivity contribution in [2.75, 3.05) is 24.9 Å². The molecule has 29 heavy (non-hydrogen) atoms. The Morgan fingerprint density at radius 2 is 2.07 bits per heavy atom. The number of carboxylic acids is 1. The number of piperidine rings is 1. The molecule has 2 fully saturated rings. The fourth-order valence-corrected chi connectivity index (χ4v) is 4.17. The van der Waals surface area contributed by atoms with Crippen molar-refractivity contribution in [2.24, 2.45) is 11.1 Å². The Hall–Kier alpha value is -2.61. The van der Waals surface area contributed by atoms with Crippen LogP contribution in [0, 0.1) is 5.41 Å². The molecule has 1 atom stereocenters. The average Bonchev–Trinajstić information content (AvgIpc) is 3.49. The summed E-state index contributed by atoms with van der Waals surface area (Å²) in [5.41, 5.74) is 6.61. The highest BCUT2D eigenvalue weighted by atomic mass is 19.1. The maximum absolute atomic E-state index is 13.1. The Morgan fingerprint density at radius 1 is 1.34 bits per heavy atom. The van der Waals surface area contributed by atoms with E-state index in [-0.39, 0.29) is 34.2 Å². The minimum absolute atomic E-state index is 0.0625. The van der Waals surface area contributed by atoms with Crippen molar-refractivity contribution in [3.8, 4) is 5.75 Å². The Morgan fingerprint density at radius 3 is 2.66 bits per heavy atom. The van der Waals surface area contributed by atoms with E-state index < -0.39 is 18.3 Å². The highest BCUT2D eigenvalue weighted by Gasteiger charge is 2.35. The number of ether oxygens (including phenoxy) is 1. The molecule has 1 aromatic heterocycles. The number of rotatable bonds is 5. The number of nitrogens with two attached hydrogens (primary N) is 1. The number of fused-ring (bicyclic) bond motifs is 1. The Kier molecular flexibility index (Phi) is 4.77. The first-order valence-corrected chi connectivity index (χ1v) is 9.88. The summed E-state index contributed by atoms with van der Waals surface area (Å²) >= 11 is 0. The highest BCUT2D eigenvalue weighted by molar-refractivity contribution is 5.94. The number of nitrogens with zero attached hydrogens (tertiary/aromatic N) is 2. The first-order chi connectivity index (χ1) is 13.7. The van der Waals surface area contributed by atoms with Crippen LogP contribution in [-0.2, 0) is 0 Å². The largest absolute Gasteiger partial charge is 0.477 e. The summed E-state index contributed by atoms with van der Waals surface area (Å²) in [7, 11) is 0. The van der Waals surface area contributed by atoms with Gasteiger partial charge in [-0.15, -0.1) is 0 Å². The summed E-state index contributed by atoms with van der Waals surface area (Å²) in [6.07, 6.45) is 4.08. The molecule has 1 aromatic carbocycles. The molecule has 0 amide bonds. The number of hydrogen-bond acceptors (Lipinski definition) is 5. The van der Waals surface area contributed by atoms with E-state index in [9.17, 15) is 19.1 Å². The van der Waals surface area contributed by atoms with Gasteiger partial charge in [-0.1, -0.05) is 13.8 Å². The van der Waals surface area contributed by atoms with Crippen LogP contribution in [0.4, 0.5) is 10.1 Å². The van der Waals surface area contributed by atoms with Crippen molar-refractivity contribution in [1.29, 1.82) is 0 Å². The van der Waals surface area contributed by atoms with E-state index >= 15 is 0 Å². The lowest BCUT2D eigenvalue weighted by molar-refractivity contribution is 0.0694. The van der Waals surface area contributed by atoms with Crippen molar-refractivity contribution in [3.63, 3.8) is 0 Å². The van der Waals surface area contributed by atoms with Crippen LogP contribution >= 0.6 is 0 Å². The minimum Gasteiger partial charge on any atom is -0.477 e. The van der Waals surface area contributed by atoms with Gasteiger partial charge in [0.2, 0.25) is 12.3 Å².